The molecule has 1 fully saturated rings. The van der Waals surface area contributed by atoms with E-state index in [4.69, 9.17) is 10.2 Å². The summed E-state index contributed by atoms with van der Waals surface area (Å²) in [5.74, 6) is 1.37. The van der Waals surface area contributed by atoms with Crippen LogP contribution < -0.4 is 11.1 Å². The highest BCUT2D eigenvalue weighted by molar-refractivity contribution is 5.94. The number of amides is 1. The standard InChI is InChI=1S/C23H24F3N9O2/c24-23(25,26)14-33-9-11-34(12-10-33)19(36)16-5-3-15(4-6-16)7-8-28-21-30-20(27)35-22(31-21)29-18(32-35)17-2-1-13-37-17/h1-6,13H,7-12,14H2,(H3,27,28,29,30,31,32). The summed E-state index contributed by atoms with van der Waals surface area (Å²) in [5, 5.41) is 7.37. The van der Waals surface area contributed by atoms with Crippen molar-refractivity contribution >= 4 is 23.6 Å². The Kier molecular flexibility index (Phi) is 6.65. The Balaban J connectivity index is 1.14. The highest BCUT2D eigenvalue weighted by Gasteiger charge is 2.33. The molecule has 1 amide bonds. The molecule has 1 aliphatic rings. The van der Waals surface area contributed by atoms with Gasteiger partial charge in [0.05, 0.1) is 12.8 Å². The second-order valence-corrected chi connectivity index (χ2v) is 8.59. The van der Waals surface area contributed by atoms with Crippen molar-refractivity contribution < 1.29 is 22.4 Å². The second kappa shape index (κ2) is 10.0. The van der Waals surface area contributed by atoms with Gasteiger partial charge in [0.25, 0.3) is 11.7 Å². The summed E-state index contributed by atoms with van der Waals surface area (Å²) in [6.45, 7) is 0.488. The van der Waals surface area contributed by atoms with Gasteiger partial charge in [-0.25, -0.2) is 0 Å². The van der Waals surface area contributed by atoms with Crippen molar-refractivity contribution in [3.8, 4) is 11.6 Å². The average Bonchev–Trinajstić information content (AvgIpc) is 3.54. The highest BCUT2D eigenvalue weighted by Crippen LogP contribution is 2.19. The number of halogens is 3. The maximum atomic E-state index is 12.7. The number of nitrogens with one attached hydrogen (secondary N) is 1. The lowest BCUT2D eigenvalue weighted by Gasteiger charge is -2.35. The lowest BCUT2D eigenvalue weighted by atomic mass is 10.1. The number of nitrogens with zero attached hydrogens (tertiary/aromatic N) is 7. The molecule has 0 aliphatic carbocycles. The molecule has 3 N–H and O–H groups in total. The number of carbonyl (C=O) groups is 1. The molecular weight excluding hydrogens is 491 g/mol. The van der Waals surface area contributed by atoms with Crippen LogP contribution >= 0.6 is 0 Å². The molecule has 0 bridgehead atoms. The lowest BCUT2D eigenvalue weighted by molar-refractivity contribution is -0.148. The molecule has 194 valence electrons. The van der Waals surface area contributed by atoms with Gasteiger partial charge >= 0.3 is 6.18 Å². The Hall–Kier alpha value is -4.20. The van der Waals surface area contributed by atoms with E-state index in [-0.39, 0.29) is 43.8 Å². The molecular formula is C23H24F3N9O2. The summed E-state index contributed by atoms with van der Waals surface area (Å²) in [4.78, 5) is 28.5. The van der Waals surface area contributed by atoms with E-state index in [1.165, 1.54) is 15.7 Å². The normalized spacial score (nSPS) is 14.8. The van der Waals surface area contributed by atoms with Gasteiger partial charge in [0.1, 0.15) is 0 Å². The van der Waals surface area contributed by atoms with Crippen LogP contribution in [0, 0.1) is 0 Å². The number of aromatic nitrogens is 5. The molecule has 0 saturated carbocycles. The molecule has 5 rings (SSSR count). The minimum atomic E-state index is -4.23. The third-order valence-corrected chi connectivity index (χ3v) is 5.94. The minimum absolute atomic E-state index is 0.125. The van der Waals surface area contributed by atoms with Crippen molar-refractivity contribution in [3.63, 3.8) is 0 Å². The molecule has 1 saturated heterocycles. The number of hydrogen-bond donors (Lipinski definition) is 2. The number of nitrogen functional groups attached to an aromatic ring is 1. The van der Waals surface area contributed by atoms with Crippen molar-refractivity contribution in [2.24, 2.45) is 0 Å². The van der Waals surface area contributed by atoms with Crippen LogP contribution in [0.2, 0.25) is 0 Å². The van der Waals surface area contributed by atoms with Gasteiger partial charge < -0.3 is 20.4 Å². The van der Waals surface area contributed by atoms with E-state index >= 15 is 0 Å². The molecule has 4 aromatic rings. The minimum Gasteiger partial charge on any atom is -0.461 e. The maximum absolute atomic E-state index is 12.7. The highest BCUT2D eigenvalue weighted by atomic mass is 19.4. The number of carbonyl (C=O) groups excluding carboxylic acids is 1. The van der Waals surface area contributed by atoms with E-state index in [1.807, 2.05) is 12.1 Å². The Morgan fingerprint density at radius 2 is 1.81 bits per heavy atom. The first-order chi connectivity index (χ1) is 17.7. The topological polar surface area (TPSA) is 131 Å². The van der Waals surface area contributed by atoms with Gasteiger partial charge in [-0.1, -0.05) is 12.1 Å². The van der Waals surface area contributed by atoms with Crippen molar-refractivity contribution in [3.05, 3.63) is 53.8 Å². The lowest BCUT2D eigenvalue weighted by Crippen LogP contribution is -2.50. The monoisotopic (exact) mass is 515 g/mol. The zero-order valence-corrected chi connectivity index (χ0v) is 19.6. The van der Waals surface area contributed by atoms with Crippen LogP contribution in [0.4, 0.5) is 25.1 Å². The molecule has 0 radical (unpaired) electrons. The van der Waals surface area contributed by atoms with Crippen molar-refractivity contribution in [2.45, 2.75) is 12.6 Å². The third kappa shape index (κ3) is 5.80. The zero-order chi connectivity index (χ0) is 26.0. The molecule has 1 aliphatic heterocycles. The summed E-state index contributed by atoms with van der Waals surface area (Å²) in [6.07, 6.45) is -2.08. The molecule has 4 heterocycles. The summed E-state index contributed by atoms with van der Waals surface area (Å²) in [7, 11) is 0. The quantitative estimate of drug-likeness (QED) is 0.381. The zero-order valence-electron chi connectivity index (χ0n) is 19.6. The number of furan rings is 1. The largest absolute Gasteiger partial charge is 0.461 e. The molecule has 0 unspecified atom stereocenters. The molecule has 0 atom stereocenters. The molecule has 1 aromatic carbocycles. The first-order valence-electron chi connectivity index (χ1n) is 11.6. The smallest absolute Gasteiger partial charge is 0.401 e. The van der Waals surface area contributed by atoms with E-state index in [0.717, 1.165) is 5.56 Å². The summed E-state index contributed by atoms with van der Waals surface area (Å²) in [5.41, 5.74) is 7.48. The predicted octanol–water partition coefficient (Wildman–Crippen LogP) is 2.34. The summed E-state index contributed by atoms with van der Waals surface area (Å²) in [6, 6.07) is 10.6. The molecule has 37 heavy (non-hydrogen) atoms. The van der Waals surface area contributed by atoms with E-state index in [2.05, 4.69) is 25.4 Å². The first kappa shape index (κ1) is 24.5. The molecule has 3 aromatic heterocycles. The number of rotatable bonds is 7. The Bertz CT molecular complexity index is 1360. The third-order valence-electron chi connectivity index (χ3n) is 5.94. The fraction of sp³-hybridized carbons (Fsp3) is 0.348. The van der Waals surface area contributed by atoms with Crippen molar-refractivity contribution in [1.29, 1.82) is 0 Å². The fourth-order valence-corrected chi connectivity index (χ4v) is 4.07. The maximum Gasteiger partial charge on any atom is 0.401 e. The van der Waals surface area contributed by atoms with Crippen LogP contribution in [0.3, 0.4) is 0 Å². The van der Waals surface area contributed by atoms with Gasteiger partial charge in [-0.15, -0.1) is 5.10 Å². The van der Waals surface area contributed by atoms with Crippen LogP contribution in [0.5, 0.6) is 0 Å². The number of hydrogen-bond acceptors (Lipinski definition) is 9. The number of alkyl halides is 3. The Labute approximate surface area is 209 Å². The van der Waals surface area contributed by atoms with Crippen molar-refractivity contribution in [2.75, 3.05) is 50.3 Å². The summed E-state index contributed by atoms with van der Waals surface area (Å²) < 4.78 is 44.3. The van der Waals surface area contributed by atoms with E-state index in [0.29, 0.717) is 36.1 Å². The Morgan fingerprint density at radius 1 is 1.05 bits per heavy atom. The number of fused-ring (bicyclic) bond motifs is 1. The van der Waals surface area contributed by atoms with Gasteiger partial charge in [-0.05, 0) is 36.2 Å². The fourth-order valence-electron chi connectivity index (χ4n) is 4.07. The second-order valence-electron chi connectivity index (χ2n) is 8.59. The van der Waals surface area contributed by atoms with Gasteiger partial charge in [0.15, 0.2) is 5.76 Å². The van der Waals surface area contributed by atoms with Crippen molar-refractivity contribution in [1.82, 2.24) is 34.4 Å². The van der Waals surface area contributed by atoms with Gasteiger partial charge in [0, 0.05) is 38.3 Å². The molecule has 14 heteroatoms. The number of nitrogens with two attached hydrogens (primary N) is 1. The van der Waals surface area contributed by atoms with Gasteiger partial charge in [0.2, 0.25) is 17.7 Å². The van der Waals surface area contributed by atoms with Gasteiger partial charge in [-0.3, -0.25) is 9.69 Å². The number of piperazine rings is 1. The predicted molar refractivity (Wildman–Crippen MR) is 128 cm³/mol. The Morgan fingerprint density at radius 3 is 2.49 bits per heavy atom. The molecule has 11 nitrogen and oxygen atoms in total. The SMILES string of the molecule is Nc1nc(NCCc2ccc(C(=O)N3CCN(CC(F)(F)F)CC3)cc2)nc2nc(-c3ccco3)nn12. The van der Waals surface area contributed by atoms with Crippen LogP contribution in [-0.2, 0) is 6.42 Å². The average molecular weight is 516 g/mol. The first-order valence-corrected chi connectivity index (χ1v) is 11.6. The van der Waals surface area contributed by atoms with E-state index in [9.17, 15) is 18.0 Å². The number of anilines is 2. The molecule has 0 spiro atoms. The van der Waals surface area contributed by atoms with Crippen LogP contribution in [0.15, 0.2) is 47.1 Å². The van der Waals surface area contributed by atoms with E-state index in [1.54, 1.807) is 29.2 Å². The van der Waals surface area contributed by atoms with Gasteiger partial charge in [-0.2, -0.15) is 32.6 Å². The van der Waals surface area contributed by atoms with Crippen LogP contribution in [0.25, 0.3) is 17.4 Å². The van der Waals surface area contributed by atoms with Crippen LogP contribution in [-0.4, -0.2) is 85.7 Å². The summed E-state index contributed by atoms with van der Waals surface area (Å²) >= 11 is 0. The van der Waals surface area contributed by atoms with E-state index < -0.39 is 12.7 Å². The number of benzene rings is 1. The van der Waals surface area contributed by atoms with Crippen LogP contribution in [0.1, 0.15) is 15.9 Å².